The molecule has 2 rings (SSSR count). The molecule has 2 aromatic rings. The zero-order valence-electron chi connectivity index (χ0n) is 11.1. The summed E-state index contributed by atoms with van der Waals surface area (Å²) in [5.41, 5.74) is 7.47. The van der Waals surface area contributed by atoms with Crippen LogP contribution in [-0.4, -0.2) is 9.97 Å². The van der Waals surface area contributed by atoms with Crippen LogP contribution in [-0.2, 0) is 6.42 Å². The maximum Gasteiger partial charge on any atom is 0.161 e. The third kappa shape index (κ3) is 3.46. The molecular formula is C14H14BrFIN3. The number of benzene rings is 1. The molecule has 1 aromatic carbocycles. The van der Waals surface area contributed by atoms with Crippen LogP contribution in [0.3, 0.4) is 0 Å². The second kappa shape index (κ2) is 6.34. The SMILES string of the molecule is CC(C)Cc1nc(-c2ccc(Br)c(F)c2)nc(N)c1I. The number of rotatable bonds is 3. The first-order valence-corrected chi connectivity index (χ1v) is 8.03. The maximum atomic E-state index is 13.6. The molecule has 2 N–H and O–H groups in total. The van der Waals surface area contributed by atoms with Gasteiger partial charge in [0.2, 0.25) is 0 Å². The molecule has 0 unspecified atom stereocenters. The van der Waals surface area contributed by atoms with Gasteiger partial charge in [-0.1, -0.05) is 13.8 Å². The lowest BCUT2D eigenvalue weighted by Gasteiger charge is -2.11. The molecule has 0 amide bonds. The highest BCUT2D eigenvalue weighted by Crippen LogP contribution is 2.26. The van der Waals surface area contributed by atoms with E-state index in [0.29, 0.717) is 27.6 Å². The van der Waals surface area contributed by atoms with Crippen LogP contribution in [0.25, 0.3) is 11.4 Å². The van der Waals surface area contributed by atoms with Gasteiger partial charge in [0.1, 0.15) is 11.6 Å². The molecule has 1 heterocycles. The number of anilines is 1. The fourth-order valence-corrected chi connectivity index (χ4v) is 2.51. The molecule has 106 valence electrons. The van der Waals surface area contributed by atoms with E-state index in [9.17, 15) is 4.39 Å². The summed E-state index contributed by atoms with van der Waals surface area (Å²) in [4.78, 5) is 8.79. The van der Waals surface area contributed by atoms with Gasteiger partial charge in [-0.3, -0.25) is 0 Å². The fraction of sp³-hybridized carbons (Fsp3) is 0.286. The van der Waals surface area contributed by atoms with E-state index < -0.39 is 0 Å². The Balaban J connectivity index is 2.51. The second-order valence-electron chi connectivity index (χ2n) is 4.92. The Morgan fingerprint density at radius 3 is 2.65 bits per heavy atom. The van der Waals surface area contributed by atoms with Gasteiger partial charge >= 0.3 is 0 Å². The quantitative estimate of drug-likeness (QED) is 0.705. The fourth-order valence-electron chi connectivity index (χ4n) is 1.80. The van der Waals surface area contributed by atoms with E-state index >= 15 is 0 Å². The van der Waals surface area contributed by atoms with Crippen molar-refractivity contribution in [1.82, 2.24) is 9.97 Å². The van der Waals surface area contributed by atoms with Gasteiger partial charge in [0.15, 0.2) is 5.82 Å². The van der Waals surface area contributed by atoms with Crippen molar-refractivity contribution in [2.24, 2.45) is 5.92 Å². The molecule has 20 heavy (non-hydrogen) atoms. The van der Waals surface area contributed by atoms with Crippen LogP contribution < -0.4 is 5.73 Å². The van der Waals surface area contributed by atoms with E-state index in [1.165, 1.54) is 6.07 Å². The second-order valence-corrected chi connectivity index (χ2v) is 6.85. The summed E-state index contributed by atoms with van der Waals surface area (Å²) in [6.45, 7) is 4.24. The molecule has 0 saturated carbocycles. The highest BCUT2D eigenvalue weighted by molar-refractivity contribution is 14.1. The van der Waals surface area contributed by atoms with Crippen molar-refractivity contribution >= 4 is 44.3 Å². The maximum absolute atomic E-state index is 13.6. The van der Waals surface area contributed by atoms with Crippen molar-refractivity contribution in [3.05, 3.63) is 37.8 Å². The number of nitrogens with two attached hydrogens (primary N) is 1. The van der Waals surface area contributed by atoms with Gasteiger partial charge in [0, 0.05) is 5.56 Å². The van der Waals surface area contributed by atoms with Gasteiger partial charge in [0.05, 0.1) is 13.7 Å². The molecule has 6 heteroatoms. The molecule has 0 saturated heterocycles. The lowest BCUT2D eigenvalue weighted by atomic mass is 10.1. The first kappa shape index (κ1) is 15.6. The minimum atomic E-state index is -0.339. The third-order valence-electron chi connectivity index (χ3n) is 2.72. The van der Waals surface area contributed by atoms with Crippen molar-refractivity contribution in [1.29, 1.82) is 0 Å². The monoisotopic (exact) mass is 449 g/mol. The van der Waals surface area contributed by atoms with Gasteiger partial charge in [-0.2, -0.15) is 0 Å². The van der Waals surface area contributed by atoms with Crippen molar-refractivity contribution < 1.29 is 4.39 Å². The van der Waals surface area contributed by atoms with Crippen LogP contribution in [0.5, 0.6) is 0 Å². The molecule has 0 radical (unpaired) electrons. The first-order valence-electron chi connectivity index (χ1n) is 6.15. The van der Waals surface area contributed by atoms with Gasteiger partial charge in [-0.25, -0.2) is 14.4 Å². The molecule has 0 aliphatic heterocycles. The summed E-state index contributed by atoms with van der Waals surface area (Å²) in [6, 6.07) is 4.82. The van der Waals surface area contributed by atoms with Crippen molar-refractivity contribution in [3.8, 4) is 11.4 Å². The van der Waals surface area contributed by atoms with Gasteiger partial charge in [0.25, 0.3) is 0 Å². The van der Waals surface area contributed by atoms with E-state index in [2.05, 4.69) is 62.3 Å². The largest absolute Gasteiger partial charge is 0.383 e. The topological polar surface area (TPSA) is 51.8 Å². The number of aromatic nitrogens is 2. The zero-order valence-corrected chi connectivity index (χ0v) is 14.9. The van der Waals surface area contributed by atoms with Crippen LogP contribution in [0.4, 0.5) is 10.2 Å². The Labute approximate surface area is 139 Å². The summed E-state index contributed by atoms with van der Waals surface area (Å²) in [6.07, 6.45) is 0.816. The van der Waals surface area contributed by atoms with Gasteiger partial charge in [-0.15, -0.1) is 0 Å². The smallest absolute Gasteiger partial charge is 0.161 e. The zero-order chi connectivity index (χ0) is 14.9. The van der Waals surface area contributed by atoms with Crippen LogP contribution in [0.15, 0.2) is 22.7 Å². The molecule has 3 nitrogen and oxygen atoms in total. The van der Waals surface area contributed by atoms with Crippen molar-refractivity contribution in [3.63, 3.8) is 0 Å². The van der Waals surface area contributed by atoms with Gasteiger partial charge < -0.3 is 5.73 Å². The molecule has 0 bridgehead atoms. The Kier molecular flexibility index (Phi) is 4.95. The predicted octanol–water partition coefficient (Wildman–Crippen LogP) is 4.43. The Morgan fingerprint density at radius 1 is 1.35 bits per heavy atom. The summed E-state index contributed by atoms with van der Waals surface area (Å²) in [5, 5.41) is 0. The standard InChI is InChI=1S/C14H14BrFIN3/c1-7(2)5-11-12(17)13(18)20-14(19-11)8-3-4-9(15)10(16)6-8/h3-4,6-7H,5H2,1-2H3,(H2,18,19,20). The average molecular weight is 450 g/mol. The summed E-state index contributed by atoms with van der Waals surface area (Å²) in [5.74, 6) is 1.03. The average Bonchev–Trinajstić information content (AvgIpc) is 2.37. The molecule has 0 aliphatic carbocycles. The summed E-state index contributed by atoms with van der Waals surface area (Å²) < 4.78 is 14.9. The highest BCUT2D eigenvalue weighted by Gasteiger charge is 2.13. The molecule has 0 atom stereocenters. The first-order chi connectivity index (χ1) is 9.38. The molecular weight excluding hydrogens is 436 g/mol. The Bertz CT molecular complexity index is 647. The number of hydrogen-bond acceptors (Lipinski definition) is 3. The Morgan fingerprint density at radius 2 is 2.05 bits per heavy atom. The van der Waals surface area contributed by atoms with E-state index in [4.69, 9.17) is 5.73 Å². The minimum Gasteiger partial charge on any atom is -0.383 e. The molecule has 1 aromatic heterocycles. The van der Waals surface area contributed by atoms with Crippen molar-refractivity contribution in [2.45, 2.75) is 20.3 Å². The van der Waals surface area contributed by atoms with E-state index in [-0.39, 0.29) is 5.82 Å². The van der Waals surface area contributed by atoms with Crippen LogP contribution in [0.2, 0.25) is 0 Å². The highest BCUT2D eigenvalue weighted by atomic mass is 127. The number of halogens is 3. The van der Waals surface area contributed by atoms with E-state index in [1.54, 1.807) is 12.1 Å². The number of nitrogen functional groups attached to an aromatic ring is 1. The normalized spacial score (nSPS) is 11.1. The van der Waals surface area contributed by atoms with Crippen LogP contribution in [0, 0.1) is 15.3 Å². The van der Waals surface area contributed by atoms with Crippen molar-refractivity contribution in [2.75, 3.05) is 5.73 Å². The summed E-state index contributed by atoms with van der Waals surface area (Å²) >= 11 is 5.29. The Hall–Kier alpha value is -0.760. The lowest BCUT2D eigenvalue weighted by Crippen LogP contribution is -2.07. The molecule has 0 aliphatic rings. The van der Waals surface area contributed by atoms with E-state index in [1.807, 2.05) is 0 Å². The van der Waals surface area contributed by atoms with Crippen LogP contribution >= 0.6 is 38.5 Å². The number of hydrogen-bond donors (Lipinski definition) is 1. The van der Waals surface area contributed by atoms with E-state index in [0.717, 1.165) is 15.7 Å². The molecule has 0 fully saturated rings. The minimum absolute atomic E-state index is 0.339. The van der Waals surface area contributed by atoms with Gasteiger partial charge in [-0.05, 0) is 69.1 Å². The number of nitrogens with zero attached hydrogens (tertiary/aromatic N) is 2. The van der Waals surface area contributed by atoms with Crippen LogP contribution in [0.1, 0.15) is 19.5 Å². The predicted molar refractivity (Wildman–Crippen MR) is 90.8 cm³/mol. The molecule has 0 spiro atoms. The third-order valence-corrected chi connectivity index (χ3v) is 4.54. The summed E-state index contributed by atoms with van der Waals surface area (Å²) in [7, 11) is 0. The lowest BCUT2D eigenvalue weighted by molar-refractivity contribution is 0.621.